The van der Waals surface area contributed by atoms with E-state index >= 15 is 0 Å². The van der Waals surface area contributed by atoms with Gasteiger partial charge in [0.05, 0.1) is 17.0 Å². The predicted octanol–water partition coefficient (Wildman–Crippen LogP) is 2.54. The van der Waals surface area contributed by atoms with Gasteiger partial charge in [0.15, 0.2) is 0 Å². The minimum Gasteiger partial charge on any atom is -0.449 e. The van der Waals surface area contributed by atoms with Crippen molar-refractivity contribution in [2.24, 2.45) is 0 Å². The molecule has 1 amide bonds. The number of aromatic nitrogens is 2. The molecule has 184 valence electrons. The molecule has 0 radical (unpaired) electrons. The van der Waals surface area contributed by atoms with Crippen LogP contribution in [0.15, 0.2) is 76.3 Å². The van der Waals surface area contributed by atoms with Gasteiger partial charge in [-0.25, -0.2) is 9.59 Å². The van der Waals surface area contributed by atoms with Crippen LogP contribution in [-0.2, 0) is 4.74 Å². The summed E-state index contributed by atoms with van der Waals surface area (Å²) in [5.74, 6) is -0.0541. The molecule has 9 nitrogen and oxygen atoms in total. The number of aliphatic hydroxyl groups is 2. The van der Waals surface area contributed by atoms with E-state index in [1.807, 2.05) is 36.4 Å². The number of aliphatic hydroxyl groups excluding tert-OH is 2. The van der Waals surface area contributed by atoms with Crippen molar-refractivity contribution in [3.8, 4) is 11.1 Å². The van der Waals surface area contributed by atoms with Crippen LogP contribution in [0, 0.1) is 0 Å². The average molecular weight is 488 g/mol. The van der Waals surface area contributed by atoms with Crippen LogP contribution in [0.1, 0.15) is 35.1 Å². The molecule has 0 saturated heterocycles. The molecule has 1 aromatic heterocycles. The Morgan fingerprint density at radius 3 is 2.31 bits per heavy atom. The molecule has 5 rings (SSSR count). The van der Waals surface area contributed by atoms with Gasteiger partial charge in [0.2, 0.25) is 0 Å². The zero-order chi connectivity index (χ0) is 25.2. The van der Waals surface area contributed by atoms with E-state index in [1.165, 1.54) is 18.2 Å². The van der Waals surface area contributed by atoms with Crippen LogP contribution in [-0.4, -0.2) is 45.5 Å². The number of aromatic amines is 2. The molecule has 0 saturated carbocycles. The van der Waals surface area contributed by atoms with Gasteiger partial charge in [0.1, 0.15) is 12.7 Å². The first-order chi connectivity index (χ1) is 17.4. The minimum absolute atomic E-state index is 0.0541. The Labute approximate surface area is 205 Å². The summed E-state index contributed by atoms with van der Waals surface area (Å²) in [6.07, 6.45) is -3.03. The fourth-order valence-corrected chi connectivity index (χ4v) is 4.72. The second-order valence-corrected chi connectivity index (χ2v) is 8.77. The van der Waals surface area contributed by atoms with E-state index in [2.05, 4.69) is 27.4 Å². The van der Waals surface area contributed by atoms with Gasteiger partial charge in [-0.05, 0) is 46.4 Å². The number of benzene rings is 3. The molecule has 2 unspecified atom stereocenters. The van der Waals surface area contributed by atoms with Gasteiger partial charge < -0.3 is 25.3 Å². The predicted molar refractivity (Wildman–Crippen MR) is 134 cm³/mol. The van der Waals surface area contributed by atoms with Crippen LogP contribution in [0.25, 0.3) is 22.0 Å². The number of hydrogen-bond donors (Lipinski definition) is 5. The molecule has 3 aromatic carbocycles. The molecule has 0 bridgehead atoms. The first kappa shape index (κ1) is 23.5. The van der Waals surface area contributed by atoms with Gasteiger partial charge in [0, 0.05) is 12.5 Å². The van der Waals surface area contributed by atoms with Gasteiger partial charge in [-0.2, -0.15) is 0 Å². The normalized spacial score (nSPS) is 14.2. The standard InChI is InChI=1S/C27H25N3O6/c31-23(24(32)15-9-10-22-20(13-15)25(33)30-26(34)29-22)11-12-28-27(35)36-14-21-18-7-3-1-5-16(18)17-6-2-4-8-19(17)21/h1-10,13,21,23-24,31-32H,11-12,14H2,(H,28,35)(H2,29,30,33,34). The van der Waals surface area contributed by atoms with Gasteiger partial charge in [-0.15, -0.1) is 0 Å². The Bertz CT molecular complexity index is 1500. The number of alkyl carbamates (subject to hydrolysis) is 1. The molecule has 1 heterocycles. The lowest BCUT2D eigenvalue weighted by Crippen LogP contribution is -2.30. The third-order valence-electron chi connectivity index (χ3n) is 6.52. The summed E-state index contributed by atoms with van der Waals surface area (Å²) in [5.41, 5.74) is 3.93. The van der Waals surface area contributed by atoms with Crippen LogP contribution in [0.3, 0.4) is 0 Å². The third-order valence-corrected chi connectivity index (χ3v) is 6.52. The molecule has 0 spiro atoms. The van der Waals surface area contributed by atoms with Gasteiger partial charge >= 0.3 is 11.8 Å². The van der Waals surface area contributed by atoms with E-state index in [0.29, 0.717) is 11.1 Å². The fraction of sp³-hybridized carbons (Fsp3) is 0.222. The highest BCUT2D eigenvalue weighted by molar-refractivity contribution is 5.79. The second kappa shape index (κ2) is 9.80. The Hall–Kier alpha value is -4.21. The van der Waals surface area contributed by atoms with Gasteiger partial charge in [-0.1, -0.05) is 54.6 Å². The molecule has 0 fully saturated rings. The number of ether oxygens (including phenoxy) is 1. The van der Waals surface area contributed by atoms with Crippen molar-refractivity contribution >= 4 is 17.0 Å². The van der Waals surface area contributed by atoms with E-state index in [9.17, 15) is 24.6 Å². The molecular weight excluding hydrogens is 462 g/mol. The summed E-state index contributed by atoms with van der Waals surface area (Å²) in [5, 5.41) is 23.7. The maximum absolute atomic E-state index is 12.3. The highest BCUT2D eigenvalue weighted by atomic mass is 16.5. The fourth-order valence-electron chi connectivity index (χ4n) is 4.72. The molecule has 4 aromatic rings. The molecule has 1 aliphatic carbocycles. The van der Waals surface area contributed by atoms with Crippen LogP contribution in [0.4, 0.5) is 4.79 Å². The molecule has 1 aliphatic rings. The summed E-state index contributed by atoms with van der Waals surface area (Å²) in [7, 11) is 0. The van der Waals surface area contributed by atoms with Crippen molar-refractivity contribution in [3.05, 3.63) is 104 Å². The van der Waals surface area contributed by atoms with E-state index in [0.717, 1.165) is 22.3 Å². The Morgan fingerprint density at radius 2 is 1.61 bits per heavy atom. The summed E-state index contributed by atoms with van der Waals surface area (Å²) in [6, 6.07) is 20.5. The van der Waals surface area contributed by atoms with E-state index in [1.54, 1.807) is 0 Å². The first-order valence-corrected chi connectivity index (χ1v) is 11.6. The number of nitrogens with one attached hydrogen (secondary N) is 3. The third kappa shape index (κ3) is 4.53. The van der Waals surface area contributed by atoms with Crippen molar-refractivity contribution in [1.82, 2.24) is 15.3 Å². The summed E-state index contributed by atoms with van der Waals surface area (Å²) in [4.78, 5) is 40.3. The van der Waals surface area contributed by atoms with E-state index in [-0.39, 0.29) is 30.9 Å². The van der Waals surface area contributed by atoms with E-state index in [4.69, 9.17) is 4.74 Å². The minimum atomic E-state index is -1.29. The van der Waals surface area contributed by atoms with Crippen molar-refractivity contribution in [2.75, 3.05) is 13.2 Å². The largest absolute Gasteiger partial charge is 0.449 e. The zero-order valence-corrected chi connectivity index (χ0v) is 19.2. The molecule has 0 aliphatic heterocycles. The molecule has 5 N–H and O–H groups in total. The van der Waals surface area contributed by atoms with Crippen LogP contribution in [0.2, 0.25) is 0 Å². The maximum Gasteiger partial charge on any atom is 0.407 e. The van der Waals surface area contributed by atoms with Crippen molar-refractivity contribution in [2.45, 2.75) is 24.5 Å². The first-order valence-electron chi connectivity index (χ1n) is 11.6. The maximum atomic E-state index is 12.3. The number of rotatable bonds is 7. The monoisotopic (exact) mass is 487 g/mol. The van der Waals surface area contributed by atoms with E-state index < -0.39 is 29.6 Å². The van der Waals surface area contributed by atoms with Crippen LogP contribution >= 0.6 is 0 Å². The Kier molecular flexibility index (Phi) is 6.41. The number of carbonyl (C=O) groups is 1. The Morgan fingerprint density at radius 1 is 0.944 bits per heavy atom. The smallest absolute Gasteiger partial charge is 0.407 e. The highest BCUT2D eigenvalue weighted by Crippen LogP contribution is 2.44. The average Bonchev–Trinajstić information content (AvgIpc) is 3.20. The summed E-state index contributed by atoms with van der Waals surface area (Å²) < 4.78 is 5.48. The highest BCUT2D eigenvalue weighted by Gasteiger charge is 2.29. The van der Waals surface area contributed by atoms with Crippen molar-refractivity contribution in [1.29, 1.82) is 0 Å². The SMILES string of the molecule is O=C(NCCC(O)C(O)c1ccc2[nH]c(=O)[nH]c(=O)c2c1)OCC1c2ccccc2-c2ccccc21. The number of amides is 1. The quantitative estimate of drug-likeness (QED) is 0.271. The lowest BCUT2D eigenvalue weighted by atomic mass is 9.98. The van der Waals surface area contributed by atoms with Crippen molar-refractivity contribution in [3.63, 3.8) is 0 Å². The Balaban J connectivity index is 1.15. The van der Waals surface area contributed by atoms with Gasteiger partial charge in [-0.3, -0.25) is 9.78 Å². The topological polar surface area (TPSA) is 145 Å². The molecular formula is C27H25N3O6. The lowest BCUT2D eigenvalue weighted by molar-refractivity contribution is 0.0137. The number of fused-ring (bicyclic) bond motifs is 4. The number of H-pyrrole nitrogens is 2. The number of carbonyl (C=O) groups excluding carboxylic acids is 1. The second-order valence-electron chi connectivity index (χ2n) is 8.77. The van der Waals surface area contributed by atoms with Crippen LogP contribution in [0.5, 0.6) is 0 Å². The van der Waals surface area contributed by atoms with Crippen molar-refractivity contribution < 1.29 is 19.7 Å². The zero-order valence-electron chi connectivity index (χ0n) is 19.2. The molecule has 2 atom stereocenters. The molecule has 36 heavy (non-hydrogen) atoms. The summed E-state index contributed by atoms with van der Waals surface area (Å²) in [6.45, 7) is 0.259. The van der Waals surface area contributed by atoms with Gasteiger partial charge in [0.25, 0.3) is 5.56 Å². The molecule has 9 heteroatoms. The lowest BCUT2D eigenvalue weighted by Gasteiger charge is -2.19. The van der Waals surface area contributed by atoms with Crippen LogP contribution < -0.4 is 16.6 Å². The number of hydrogen-bond acceptors (Lipinski definition) is 6. The summed E-state index contributed by atoms with van der Waals surface area (Å²) >= 11 is 0.